The van der Waals surface area contributed by atoms with Gasteiger partial charge in [0.15, 0.2) is 0 Å². The third-order valence-corrected chi connectivity index (χ3v) is 2.64. The molecule has 0 aliphatic heterocycles. The Morgan fingerprint density at radius 2 is 2.07 bits per heavy atom. The summed E-state index contributed by atoms with van der Waals surface area (Å²) < 4.78 is 12.9. The van der Waals surface area contributed by atoms with Gasteiger partial charge in [-0.05, 0) is 23.6 Å². The van der Waals surface area contributed by atoms with Crippen molar-refractivity contribution >= 4 is 29.5 Å². The molecule has 76 valence electrons. The minimum absolute atomic E-state index is 0.0298. The first-order chi connectivity index (χ1) is 6.56. The summed E-state index contributed by atoms with van der Waals surface area (Å²) in [5.41, 5.74) is 0.699. The molecule has 0 amide bonds. The Morgan fingerprint density at radius 3 is 2.64 bits per heavy atom. The van der Waals surface area contributed by atoms with Gasteiger partial charge in [-0.2, -0.15) is 0 Å². The fourth-order valence-corrected chi connectivity index (χ4v) is 1.70. The molecule has 0 heterocycles. The summed E-state index contributed by atoms with van der Waals surface area (Å²) in [4.78, 5) is 10.3. The molecule has 0 radical (unpaired) electrons. The molecule has 1 rings (SSSR count). The third-order valence-electron chi connectivity index (χ3n) is 2.02. The number of aldehydes is 1. The summed E-state index contributed by atoms with van der Waals surface area (Å²) >= 11 is 11.4. The second kappa shape index (κ2) is 4.76. The first-order valence-corrected chi connectivity index (χ1v) is 4.90. The van der Waals surface area contributed by atoms with E-state index in [9.17, 15) is 9.18 Å². The van der Waals surface area contributed by atoms with E-state index in [1.54, 1.807) is 0 Å². The Morgan fingerprint density at radius 1 is 1.43 bits per heavy atom. The first-order valence-electron chi connectivity index (χ1n) is 4.14. The Labute approximate surface area is 91.8 Å². The maximum absolute atomic E-state index is 12.9. The Bertz CT molecular complexity index is 352. The number of carbonyl (C=O) groups excluding carboxylic acids is 1. The molecule has 0 aliphatic rings. The van der Waals surface area contributed by atoms with Crippen molar-refractivity contribution in [1.29, 1.82) is 0 Å². The van der Waals surface area contributed by atoms with Gasteiger partial charge in [0.2, 0.25) is 0 Å². The van der Waals surface area contributed by atoms with Gasteiger partial charge in [-0.3, -0.25) is 0 Å². The average molecular weight is 235 g/mol. The van der Waals surface area contributed by atoms with E-state index in [2.05, 4.69) is 0 Å². The third kappa shape index (κ3) is 2.46. The van der Waals surface area contributed by atoms with Crippen LogP contribution in [-0.4, -0.2) is 6.29 Å². The molecule has 4 heteroatoms. The van der Waals surface area contributed by atoms with Crippen LogP contribution in [-0.2, 0) is 4.79 Å². The molecule has 0 aromatic heterocycles. The maximum atomic E-state index is 12.9. The molecule has 0 saturated carbocycles. The topological polar surface area (TPSA) is 17.1 Å². The number of hydrogen-bond donors (Lipinski definition) is 0. The fraction of sp³-hybridized carbons (Fsp3) is 0.300. The Hall–Kier alpha value is -0.600. The first kappa shape index (κ1) is 11.5. The predicted octanol–water partition coefficient (Wildman–Crippen LogP) is 3.83. The summed E-state index contributed by atoms with van der Waals surface area (Å²) in [6, 6.07) is 2.63. The zero-order valence-electron chi connectivity index (χ0n) is 7.56. The zero-order chi connectivity index (χ0) is 10.7. The molecule has 0 aliphatic carbocycles. The molecule has 0 bridgehead atoms. The lowest BCUT2D eigenvalue weighted by Gasteiger charge is -2.11. The normalized spacial score (nSPS) is 12.6. The maximum Gasteiger partial charge on any atom is 0.143 e. The van der Waals surface area contributed by atoms with E-state index >= 15 is 0 Å². The van der Waals surface area contributed by atoms with E-state index in [-0.39, 0.29) is 10.9 Å². The van der Waals surface area contributed by atoms with E-state index in [1.165, 1.54) is 12.1 Å². The van der Waals surface area contributed by atoms with E-state index in [0.29, 0.717) is 17.0 Å². The van der Waals surface area contributed by atoms with Crippen LogP contribution in [0.25, 0.3) is 0 Å². The highest BCUT2D eigenvalue weighted by Gasteiger charge is 2.12. The van der Waals surface area contributed by atoms with E-state index in [4.69, 9.17) is 23.2 Å². The van der Waals surface area contributed by atoms with Gasteiger partial charge in [0.25, 0.3) is 0 Å². The molecular weight excluding hydrogens is 226 g/mol. The van der Waals surface area contributed by atoms with E-state index in [0.717, 1.165) is 6.29 Å². The SMILES string of the molecule is CC(CC=O)c1cc(Cl)c(F)cc1Cl. The second-order valence-corrected chi connectivity index (χ2v) is 3.91. The zero-order valence-corrected chi connectivity index (χ0v) is 9.07. The largest absolute Gasteiger partial charge is 0.303 e. The molecule has 14 heavy (non-hydrogen) atoms. The minimum atomic E-state index is -0.543. The highest BCUT2D eigenvalue weighted by atomic mass is 35.5. The van der Waals surface area contributed by atoms with Gasteiger partial charge >= 0.3 is 0 Å². The van der Waals surface area contributed by atoms with Crippen LogP contribution in [0.5, 0.6) is 0 Å². The number of carbonyl (C=O) groups is 1. The predicted molar refractivity (Wildman–Crippen MR) is 55.5 cm³/mol. The number of halogens is 3. The molecule has 1 nitrogen and oxygen atoms in total. The van der Waals surface area contributed by atoms with Crippen molar-refractivity contribution in [2.45, 2.75) is 19.3 Å². The standard InChI is InChI=1S/C10H9Cl2FO/c1-6(2-3-14)7-4-9(12)10(13)5-8(7)11/h3-6H,2H2,1H3. The lowest BCUT2D eigenvalue weighted by atomic mass is 9.98. The molecule has 1 atom stereocenters. The molecule has 0 spiro atoms. The summed E-state index contributed by atoms with van der Waals surface area (Å²) in [5.74, 6) is -0.586. The smallest absolute Gasteiger partial charge is 0.143 e. The Kier molecular flexibility index (Phi) is 3.90. The highest BCUT2D eigenvalue weighted by Crippen LogP contribution is 2.30. The van der Waals surface area contributed by atoms with Crippen molar-refractivity contribution in [2.24, 2.45) is 0 Å². The quantitative estimate of drug-likeness (QED) is 0.574. The van der Waals surface area contributed by atoms with Gasteiger partial charge < -0.3 is 4.79 Å². The van der Waals surface area contributed by atoms with Gasteiger partial charge in [-0.1, -0.05) is 30.1 Å². The van der Waals surface area contributed by atoms with Gasteiger partial charge in [-0.15, -0.1) is 0 Å². The summed E-state index contributed by atoms with van der Waals surface area (Å²) in [7, 11) is 0. The van der Waals surface area contributed by atoms with Crippen LogP contribution in [0.15, 0.2) is 12.1 Å². The number of hydrogen-bond acceptors (Lipinski definition) is 1. The van der Waals surface area contributed by atoms with Crippen molar-refractivity contribution in [1.82, 2.24) is 0 Å². The second-order valence-electron chi connectivity index (χ2n) is 3.09. The summed E-state index contributed by atoms with van der Waals surface area (Å²) in [6.45, 7) is 1.84. The van der Waals surface area contributed by atoms with E-state index < -0.39 is 5.82 Å². The van der Waals surface area contributed by atoms with Crippen LogP contribution in [0.4, 0.5) is 4.39 Å². The van der Waals surface area contributed by atoms with E-state index in [1.807, 2.05) is 6.92 Å². The van der Waals surface area contributed by atoms with Crippen molar-refractivity contribution in [2.75, 3.05) is 0 Å². The molecular formula is C10H9Cl2FO. The summed E-state index contributed by atoms with van der Waals surface area (Å²) in [6.07, 6.45) is 1.15. The van der Waals surface area contributed by atoms with Crippen LogP contribution >= 0.6 is 23.2 Å². The van der Waals surface area contributed by atoms with Crippen LogP contribution in [0.1, 0.15) is 24.8 Å². The van der Waals surface area contributed by atoms with Gasteiger partial charge in [-0.25, -0.2) is 4.39 Å². The van der Waals surface area contributed by atoms with Crippen LogP contribution in [0, 0.1) is 5.82 Å². The summed E-state index contributed by atoms with van der Waals surface area (Å²) in [5, 5.41) is 0.336. The lowest BCUT2D eigenvalue weighted by Crippen LogP contribution is -1.96. The lowest BCUT2D eigenvalue weighted by molar-refractivity contribution is -0.108. The average Bonchev–Trinajstić information content (AvgIpc) is 2.11. The van der Waals surface area contributed by atoms with Crippen LogP contribution in [0.2, 0.25) is 10.0 Å². The highest BCUT2D eigenvalue weighted by molar-refractivity contribution is 6.33. The number of benzene rings is 1. The molecule has 0 saturated heterocycles. The van der Waals surface area contributed by atoms with Gasteiger partial charge in [0.1, 0.15) is 12.1 Å². The Balaban J connectivity index is 3.08. The minimum Gasteiger partial charge on any atom is -0.303 e. The monoisotopic (exact) mass is 234 g/mol. The van der Waals surface area contributed by atoms with Crippen LogP contribution in [0.3, 0.4) is 0 Å². The van der Waals surface area contributed by atoms with Gasteiger partial charge in [0.05, 0.1) is 5.02 Å². The molecule has 0 N–H and O–H groups in total. The van der Waals surface area contributed by atoms with Crippen molar-refractivity contribution in [3.05, 3.63) is 33.6 Å². The molecule has 0 fully saturated rings. The molecule has 1 aromatic carbocycles. The van der Waals surface area contributed by atoms with Crippen molar-refractivity contribution < 1.29 is 9.18 Å². The number of rotatable bonds is 3. The van der Waals surface area contributed by atoms with Gasteiger partial charge in [0, 0.05) is 11.4 Å². The molecule has 1 unspecified atom stereocenters. The fourth-order valence-electron chi connectivity index (χ4n) is 1.19. The van der Waals surface area contributed by atoms with Crippen molar-refractivity contribution in [3.8, 4) is 0 Å². The van der Waals surface area contributed by atoms with Crippen molar-refractivity contribution in [3.63, 3.8) is 0 Å². The van der Waals surface area contributed by atoms with Crippen LogP contribution < -0.4 is 0 Å². The molecule has 1 aromatic rings.